The number of hydrazine groups is 1. The van der Waals surface area contributed by atoms with Gasteiger partial charge in [0.1, 0.15) is 18.3 Å². The first kappa shape index (κ1) is 19.9. The van der Waals surface area contributed by atoms with E-state index in [9.17, 15) is 22.8 Å². The Kier molecular flexibility index (Phi) is 5.45. The topological polar surface area (TPSA) is 196 Å². The average Bonchev–Trinajstić information content (AvgIpc) is 3.17. The van der Waals surface area contributed by atoms with Crippen LogP contribution in [-0.4, -0.2) is 79.5 Å². The van der Waals surface area contributed by atoms with Crippen molar-refractivity contribution in [1.82, 2.24) is 35.8 Å². The van der Waals surface area contributed by atoms with Crippen molar-refractivity contribution in [2.24, 2.45) is 0 Å². The lowest BCUT2D eigenvalue weighted by atomic mass is 10.0. The molecule has 0 saturated carbocycles. The molecule has 2 fully saturated rings. The van der Waals surface area contributed by atoms with Gasteiger partial charge in [0, 0.05) is 6.54 Å². The van der Waals surface area contributed by atoms with E-state index < -0.39 is 40.3 Å². The second-order valence-corrected chi connectivity index (χ2v) is 7.12. The molecule has 2 bridgehead atoms. The Hall–Kier alpha value is -2.82. The maximum atomic E-state index is 12.3. The molecule has 4 N–H and O–H groups in total. The number of aliphatic hydroxyl groups excluding tert-OH is 1. The van der Waals surface area contributed by atoms with Gasteiger partial charge in [-0.05, 0) is 12.8 Å². The Balaban J connectivity index is 1.53. The number of fused-ring (bicyclic) bond motifs is 2. The van der Waals surface area contributed by atoms with Gasteiger partial charge in [-0.1, -0.05) is 5.21 Å². The molecule has 15 nitrogen and oxygen atoms in total. The average molecular weight is 419 g/mol. The Bertz CT molecular complexity index is 886. The van der Waals surface area contributed by atoms with Crippen LogP contribution in [0.3, 0.4) is 0 Å². The summed E-state index contributed by atoms with van der Waals surface area (Å²) in [6.45, 7) is -0.564. The molecule has 154 valence electrons. The monoisotopic (exact) mass is 419 g/mol. The van der Waals surface area contributed by atoms with Crippen LogP contribution in [0.25, 0.3) is 0 Å². The van der Waals surface area contributed by atoms with E-state index in [1.165, 1.54) is 6.20 Å². The molecule has 0 aromatic carbocycles. The maximum absolute atomic E-state index is 12.3. The number of nitrogens with zero attached hydrogens (tertiary/aromatic N) is 5. The summed E-state index contributed by atoms with van der Waals surface area (Å²) < 4.78 is 35.9. The highest BCUT2D eigenvalue weighted by Crippen LogP contribution is 2.30. The van der Waals surface area contributed by atoms with E-state index in [1.807, 2.05) is 0 Å². The Morgan fingerprint density at radius 1 is 1.32 bits per heavy atom. The maximum Gasteiger partial charge on any atom is 0.418 e. The first-order valence-electron chi connectivity index (χ1n) is 8.03. The normalized spacial score (nSPS) is 21.7. The molecule has 2 atom stereocenters. The standard InChI is InChI=1S/C12H17N7O8S/c20-6-7-3-17(16-13-7)5-10(21)14-15-11(22)9-2-1-8-4-18(9)12(23)19(8)27-28(24,25)26/h3,8-9,20H,1-2,4-6H2,(H,14,21)(H,15,22)(H,24,25,26)/t8-,9+/m1/s1. The zero-order valence-corrected chi connectivity index (χ0v) is 15.1. The molecule has 1 aromatic heterocycles. The molecule has 1 aromatic rings. The van der Waals surface area contributed by atoms with E-state index in [0.717, 1.165) is 9.58 Å². The molecule has 3 rings (SSSR count). The molecule has 3 heterocycles. The third kappa shape index (κ3) is 4.35. The summed E-state index contributed by atoms with van der Waals surface area (Å²) >= 11 is 0. The zero-order valence-electron chi connectivity index (χ0n) is 14.3. The number of hydrogen-bond donors (Lipinski definition) is 4. The molecule has 2 aliphatic heterocycles. The van der Waals surface area contributed by atoms with Gasteiger partial charge in [0.2, 0.25) is 0 Å². The van der Waals surface area contributed by atoms with Crippen molar-refractivity contribution in [2.45, 2.75) is 38.1 Å². The number of aliphatic hydroxyl groups is 1. The highest BCUT2D eigenvalue weighted by molar-refractivity contribution is 7.80. The smallest absolute Gasteiger partial charge is 0.390 e. The van der Waals surface area contributed by atoms with Crippen LogP contribution >= 0.6 is 0 Å². The SMILES string of the molecule is O=C(Cn1cc(CO)nn1)NNC(=O)[C@@H]1CC[C@@H]2CN1C(=O)N2OS(=O)(=O)O. The minimum Gasteiger partial charge on any atom is -0.390 e. The Morgan fingerprint density at radius 3 is 2.71 bits per heavy atom. The summed E-state index contributed by atoms with van der Waals surface area (Å²) in [5.41, 5.74) is 4.63. The summed E-state index contributed by atoms with van der Waals surface area (Å²) in [6, 6.07) is -2.46. The number of piperidine rings is 1. The summed E-state index contributed by atoms with van der Waals surface area (Å²) in [5, 5.41) is 16.6. The van der Waals surface area contributed by atoms with E-state index in [4.69, 9.17) is 9.66 Å². The summed E-state index contributed by atoms with van der Waals surface area (Å²) in [7, 11) is -4.88. The fraction of sp³-hybridized carbons (Fsp3) is 0.583. The van der Waals surface area contributed by atoms with Gasteiger partial charge in [0.25, 0.3) is 11.8 Å². The van der Waals surface area contributed by atoms with Crippen LogP contribution in [0.5, 0.6) is 0 Å². The van der Waals surface area contributed by atoms with Crippen LogP contribution in [-0.2, 0) is 37.4 Å². The van der Waals surface area contributed by atoms with Gasteiger partial charge >= 0.3 is 16.4 Å². The van der Waals surface area contributed by atoms with Gasteiger partial charge in [-0.3, -0.25) is 25.0 Å². The van der Waals surface area contributed by atoms with Crippen LogP contribution in [0.15, 0.2) is 6.20 Å². The van der Waals surface area contributed by atoms with Gasteiger partial charge in [-0.25, -0.2) is 9.48 Å². The fourth-order valence-corrected chi connectivity index (χ4v) is 3.38. The third-order valence-electron chi connectivity index (χ3n) is 4.18. The van der Waals surface area contributed by atoms with Crippen molar-refractivity contribution in [1.29, 1.82) is 0 Å². The van der Waals surface area contributed by atoms with Gasteiger partial charge in [-0.2, -0.15) is 13.5 Å². The van der Waals surface area contributed by atoms with E-state index in [0.29, 0.717) is 5.06 Å². The number of carbonyl (C=O) groups is 3. The highest BCUT2D eigenvalue weighted by atomic mass is 32.3. The van der Waals surface area contributed by atoms with Crippen molar-refractivity contribution in [3.05, 3.63) is 11.9 Å². The Labute approximate surface area is 158 Å². The van der Waals surface area contributed by atoms with Gasteiger partial charge in [0.05, 0.1) is 18.8 Å². The number of hydrogen-bond acceptors (Lipinski definition) is 9. The van der Waals surface area contributed by atoms with Crippen molar-refractivity contribution in [3.8, 4) is 0 Å². The zero-order chi connectivity index (χ0) is 20.5. The van der Waals surface area contributed by atoms with Crippen LogP contribution in [0.1, 0.15) is 18.5 Å². The van der Waals surface area contributed by atoms with Crippen molar-refractivity contribution >= 4 is 28.2 Å². The van der Waals surface area contributed by atoms with Crippen LogP contribution in [0, 0.1) is 0 Å². The fourth-order valence-electron chi connectivity index (χ4n) is 2.99. The minimum atomic E-state index is -4.88. The number of hydroxylamine groups is 2. The van der Waals surface area contributed by atoms with Gasteiger partial charge < -0.3 is 10.0 Å². The lowest BCUT2D eigenvalue weighted by molar-refractivity contribution is -0.132. The molecule has 0 radical (unpaired) electrons. The summed E-state index contributed by atoms with van der Waals surface area (Å²) in [5.74, 6) is -1.30. The number of aromatic nitrogens is 3. The molecule has 0 unspecified atom stereocenters. The molecule has 0 aliphatic carbocycles. The van der Waals surface area contributed by atoms with Crippen LogP contribution in [0.4, 0.5) is 4.79 Å². The number of amides is 4. The predicted octanol–water partition coefficient (Wildman–Crippen LogP) is -3.08. The van der Waals surface area contributed by atoms with Crippen LogP contribution in [0.2, 0.25) is 0 Å². The van der Waals surface area contributed by atoms with Gasteiger partial charge in [0.15, 0.2) is 0 Å². The minimum absolute atomic E-state index is 0.0310. The molecule has 28 heavy (non-hydrogen) atoms. The lowest BCUT2D eigenvalue weighted by Gasteiger charge is -2.29. The van der Waals surface area contributed by atoms with E-state index in [-0.39, 0.29) is 38.2 Å². The van der Waals surface area contributed by atoms with E-state index >= 15 is 0 Å². The first-order chi connectivity index (χ1) is 13.2. The molecule has 2 aliphatic rings. The molecular formula is C12H17N7O8S. The second-order valence-electron chi connectivity index (χ2n) is 6.11. The molecule has 16 heteroatoms. The summed E-state index contributed by atoms with van der Waals surface area (Å²) in [4.78, 5) is 37.5. The predicted molar refractivity (Wildman–Crippen MR) is 85.6 cm³/mol. The van der Waals surface area contributed by atoms with Crippen LogP contribution < -0.4 is 10.9 Å². The Morgan fingerprint density at radius 2 is 2.07 bits per heavy atom. The first-order valence-corrected chi connectivity index (χ1v) is 9.40. The quantitative estimate of drug-likeness (QED) is 0.271. The third-order valence-corrected chi connectivity index (χ3v) is 4.53. The largest absolute Gasteiger partial charge is 0.418 e. The number of carbonyl (C=O) groups excluding carboxylic acids is 3. The van der Waals surface area contributed by atoms with Gasteiger partial charge in [-0.15, -0.1) is 9.38 Å². The van der Waals surface area contributed by atoms with Crippen molar-refractivity contribution in [3.63, 3.8) is 0 Å². The molecular weight excluding hydrogens is 402 g/mol. The highest BCUT2D eigenvalue weighted by Gasteiger charge is 2.49. The van der Waals surface area contributed by atoms with E-state index in [1.54, 1.807) is 0 Å². The summed E-state index contributed by atoms with van der Waals surface area (Å²) in [6.07, 6.45) is 1.81. The second kappa shape index (κ2) is 7.66. The number of urea groups is 1. The lowest BCUT2D eigenvalue weighted by Crippen LogP contribution is -2.54. The molecule has 2 saturated heterocycles. The molecule has 0 spiro atoms. The van der Waals surface area contributed by atoms with Crippen molar-refractivity contribution in [2.75, 3.05) is 6.54 Å². The number of nitrogens with one attached hydrogen (secondary N) is 2. The number of rotatable bonds is 6. The van der Waals surface area contributed by atoms with Crippen molar-refractivity contribution < 1.29 is 36.7 Å². The van der Waals surface area contributed by atoms with E-state index in [2.05, 4.69) is 25.4 Å². The molecule has 4 amide bonds.